The van der Waals surface area contributed by atoms with Crippen LogP contribution in [0.25, 0.3) is 0 Å². The largest absolute Gasteiger partial charge is 0.462 e. The van der Waals surface area contributed by atoms with E-state index in [1.54, 1.807) is 0 Å². The second-order valence-corrected chi connectivity index (χ2v) is 10.2. The molecule has 0 spiro atoms. The first-order valence-corrected chi connectivity index (χ1v) is 11.6. The molecule has 28 heavy (non-hydrogen) atoms. The average Bonchev–Trinajstić information content (AvgIpc) is 2.59. The number of ether oxygens (including phenoxy) is 2. The van der Waals surface area contributed by atoms with Crippen LogP contribution in [0.2, 0.25) is 0 Å². The molecule has 0 amide bonds. The summed E-state index contributed by atoms with van der Waals surface area (Å²) in [5, 5.41) is 0. The Morgan fingerprint density at radius 2 is 1.07 bits per heavy atom. The van der Waals surface area contributed by atoms with E-state index in [0.29, 0.717) is 35.5 Å². The lowest BCUT2D eigenvalue weighted by Crippen LogP contribution is -2.36. The molecule has 4 nitrogen and oxygen atoms in total. The molecular formula is C24H42O4. The minimum atomic E-state index is -0.251. The predicted octanol–water partition coefficient (Wildman–Crippen LogP) is 5.77. The predicted molar refractivity (Wildman–Crippen MR) is 112 cm³/mol. The van der Waals surface area contributed by atoms with E-state index in [1.807, 2.05) is 0 Å². The maximum atomic E-state index is 12.4. The van der Waals surface area contributed by atoms with Gasteiger partial charge in [0.05, 0.1) is 12.8 Å². The van der Waals surface area contributed by atoms with Crippen LogP contribution in [0.5, 0.6) is 0 Å². The number of hydrogen-bond acceptors (Lipinski definition) is 4. The molecule has 0 aliphatic heterocycles. The molecule has 0 N–H and O–H groups in total. The number of carbonyl (C=O) groups excluding carboxylic acids is 2. The molecule has 6 atom stereocenters. The Labute approximate surface area is 172 Å². The van der Waals surface area contributed by atoms with Gasteiger partial charge in [0.2, 0.25) is 0 Å². The summed E-state index contributed by atoms with van der Waals surface area (Å²) in [5.41, 5.74) is 0. The van der Waals surface area contributed by atoms with Crippen molar-refractivity contribution >= 4 is 11.9 Å². The van der Waals surface area contributed by atoms with Crippen LogP contribution < -0.4 is 0 Å². The quantitative estimate of drug-likeness (QED) is 0.514. The van der Waals surface area contributed by atoms with Crippen LogP contribution in [-0.4, -0.2) is 24.1 Å². The Morgan fingerprint density at radius 1 is 0.714 bits per heavy atom. The van der Waals surface area contributed by atoms with Gasteiger partial charge in [0, 0.05) is 0 Å². The summed E-state index contributed by atoms with van der Waals surface area (Å²) in [6, 6.07) is 0. The summed E-state index contributed by atoms with van der Waals surface area (Å²) in [5.74, 6) is 2.58. The minimum absolute atomic E-state index is 0.00298. The smallest absolute Gasteiger partial charge is 0.306 e. The lowest BCUT2D eigenvalue weighted by atomic mass is 9.75. The standard InChI is InChI=1S/C24H42O4/c1-15(2)19-9-7-17(5)13-21(19)27-23(25)11-12-24(26)28-22-14-18(6)8-10-20(22)16(3)4/h15-22H,7-14H2,1-6H3/t17-,18-,19+,20?,21-,22-/m1/s1. The van der Waals surface area contributed by atoms with E-state index in [0.717, 1.165) is 25.7 Å². The summed E-state index contributed by atoms with van der Waals surface area (Å²) in [6.07, 6.45) is 6.79. The van der Waals surface area contributed by atoms with Gasteiger partial charge in [0.25, 0.3) is 0 Å². The van der Waals surface area contributed by atoms with Crippen molar-refractivity contribution in [2.75, 3.05) is 0 Å². The maximum absolute atomic E-state index is 12.4. The fourth-order valence-corrected chi connectivity index (χ4v) is 5.16. The molecule has 0 heterocycles. The number of hydrogen-bond donors (Lipinski definition) is 0. The topological polar surface area (TPSA) is 52.6 Å². The first-order chi connectivity index (χ1) is 13.2. The third-order valence-electron chi connectivity index (χ3n) is 7.02. The zero-order valence-corrected chi connectivity index (χ0v) is 18.9. The van der Waals surface area contributed by atoms with Gasteiger partial charge in [0.15, 0.2) is 0 Å². The molecule has 162 valence electrons. The van der Waals surface area contributed by atoms with Crippen molar-refractivity contribution in [2.24, 2.45) is 35.5 Å². The molecule has 0 saturated heterocycles. The van der Waals surface area contributed by atoms with Crippen molar-refractivity contribution in [3.05, 3.63) is 0 Å². The van der Waals surface area contributed by atoms with E-state index >= 15 is 0 Å². The van der Waals surface area contributed by atoms with Crippen LogP contribution in [0, 0.1) is 35.5 Å². The zero-order valence-electron chi connectivity index (χ0n) is 18.9. The molecular weight excluding hydrogens is 352 g/mol. The Bertz CT molecular complexity index is 467. The molecule has 1 unspecified atom stereocenters. The molecule has 2 saturated carbocycles. The number of carbonyl (C=O) groups is 2. The summed E-state index contributed by atoms with van der Waals surface area (Å²) in [7, 11) is 0. The van der Waals surface area contributed by atoms with E-state index in [4.69, 9.17) is 9.47 Å². The van der Waals surface area contributed by atoms with E-state index in [1.165, 1.54) is 12.8 Å². The average molecular weight is 395 g/mol. The van der Waals surface area contributed by atoms with Crippen molar-refractivity contribution < 1.29 is 19.1 Å². The van der Waals surface area contributed by atoms with Crippen molar-refractivity contribution in [1.29, 1.82) is 0 Å². The fourth-order valence-electron chi connectivity index (χ4n) is 5.16. The van der Waals surface area contributed by atoms with Gasteiger partial charge in [-0.15, -0.1) is 0 Å². The lowest BCUT2D eigenvalue weighted by molar-refractivity contribution is -0.163. The fraction of sp³-hybridized carbons (Fsp3) is 0.917. The SMILES string of the molecule is CC(C)C1CC[C@@H](C)C[C@H]1OC(=O)CCC(=O)O[C@@H]1C[C@H](C)CC[C@H]1C(C)C. The molecule has 2 rings (SSSR count). The molecule has 0 aromatic carbocycles. The highest BCUT2D eigenvalue weighted by atomic mass is 16.6. The Morgan fingerprint density at radius 3 is 1.39 bits per heavy atom. The maximum Gasteiger partial charge on any atom is 0.306 e. The molecule has 2 aliphatic rings. The van der Waals surface area contributed by atoms with Crippen LogP contribution in [-0.2, 0) is 19.1 Å². The Balaban J connectivity index is 1.80. The van der Waals surface area contributed by atoms with Gasteiger partial charge < -0.3 is 9.47 Å². The summed E-state index contributed by atoms with van der Waals surface area (Å²) < 4.78 is 11.6. The van der Waals surface area contributed by atoms with Crippen molar-refractivity contribution in [3.8, 4) is 0 Å². The lowest BCUT2D eigenvalue weighted by Gasteiger charge is -2.37. The summed E-state index contributed by atoms with van der Waals surface area (Å²) >= 11 is 0. The molecule has 0 aromatic rings. The molecule has 2 aliphatic carbocycles. The molecule has 4 heteroatoms. The van der Waals surface area contributed by atoms with Gasteiger partial charge >= 0.3 is 11.9 Å². The first kappa shape index (κ1) is 23.2. The van der Waals surface area contributed by atoms with Gasteiger partial charge in [-0.2, -0.15) is 0 Å². The number of esters is 2. The molecule has 0 bridgehead atoms. The highest BCUT2D eigenvalue weighted by molar-refractivity contribution is 5.77. The molecule has 2 fully saturated rings. The second kappa shape index (κ2) is 10.6. The first-order valence-electron chi connectivity index (χ1n) is 11.6. The third kappa shape index (κ3) is 6.77. The van der Waals surface area contributed by atoms with Crippen LogP contribution in [0.4, 0.5) is 0 Å². The molecule has 0 radical (unpaired) electrons. The highest BCUT2D eigenvalue weighted by Gasteiger charge is 2.35. The van der Waals surface area contributed by atoms with Gasteiger partial charge in [0.1, 0.15) is 12.2 Å². The minimum Gasteiger partial charge on any atom is -0.462 e. The zero-order chi connectivity index (χ0) is 20.8. The van der Waals surface area contributed by atoms with Crippen LogP contribution in [0.1, 0.15) is 92.9 Å². The van der Waals surface area contributed by atoms with Crippen LogP contribution in [0.3, 0.4) is 0 Å². The second-order valence-electron chi connectivity index (χ2n) is 10.2. The normalized spacial score (nSPS) is 33.7. The van der Waals surface area contributed by atoms with Gasteiger partial charge in [-0.1, -0.05) is 54.4 Å². The van der Waals surface area contributed by atoms with E-state index < -0.39 is 0 Å². The van der Waals surface area contributed by atoms with Crippen molar-refractivity contribution in [3.63, 3.8) is 0 Å². The summed E-state index contributed by atoms with van der Waals surface area (Å²) in [6.45, 7) is 13.3. The number of rotatable bonds is 7. The Hall–Kier alpha value is -1.06. The monoisotopic (exact) mass is 394 g/mol. The van der Waals surface area contributed by atoms with Crippen molar-refractivity contribution in [1.82, 2.24) is 0 Å². The molecule has 0 aromatic heterocycles. The third-order valence-corrected chi connectivity index (χ3v) is 7.02. The van der Waals surface area contributed by atoms with Crippen molar-refractivity contribution in [2.45, 2.75) is 105 Å². The van der Waals surface area contributed by atoms with Crippen LogP contribution in [0.15, 0.2) is 0 Å². The Kier molecular flexibility index (Phi) is 8.82. The van der Waals surface area contributed by atoms with E-state index in [2.05, 4.69) is 41.5 Å². The van der Waals surface area contributed by atoms with E-state index in [-0.39, 0.29) is 37.0 Å². The van der Waals surface area contributed by atoms with E-state index in [9.17, 15) is 9.59 Å². The summed E-state index contributed by atoms with van der Waals surface area (Å²) in [4.78, 5) is 24.8. The van der Waals surface area contributed by atoms with Crippen LogP contribution >= 0.6 is 0 Å². The van der Waals surface area contributed by atoms with Gasteiger partial charge in [-0.3, -0.25) is 9.59 Å². The van der Waals surface area contributed by atoms with Gasteiger partial charge in [-0.05, 0) is 61.2 Å². The van der Waals surface area contributed by atoms with Gasteiger partial charge in [-0.25, -0.2) is 0 Å². The highest BCUT2D eigenvalue weighted by Crippen LogP contribution is 2.36.